The summed E-state index contributed by atoms with van der Waals surface area (Å²) in [5.74, 6) is -1.07. The number of hydrogen-bond donors (Lipinski definition) is 2. The lowest BCUT2D eigenvalue weighted by Gasteiger charge is -2.35. The molecule has 0 aromatic heterocycles. The summed E-state index contributed by atoms with van der Waals surface area (Å²) in [6.07, 6.45) is 0.000839. The second kappa shape index (κ2) is 10.9. The number of nitrogens with one attached hydrogen (secondary N) is 1. The van der Waals surface area contributed by atoms with E-state index in [1.54, 1.807) is 0 Å². The van der Waals surface area contributed by atoms with Crippen molar-refractivity contribution in [1.29, 1.82) is 0 Å². The van der Waals surface area contributed by atoms with E-state index in [2.05, 4.69) is 5.32 Å². The van der Waals surface area contributed by atoms with Crippen LogP contribution >= 0.6 is 0 Å². The van der Waals surface area contributed by atoms with Gasteiger partial charge < -0.3 is 15.8 Å². The molecule has 0 fully saturated rings. The Kier molecular flexibility index (Phi) is 7.45. The monoisotopic (exact) mass is 471 g/mol. The van der Waals surface area contributed by atoms with Crippen LogP contribution in [-0.4, -0.2) is 34.9 Å². The molecule has 0 saturated carbocycles. The summed E-state index contributed by atoms with van der Waals surface area (Å²) in [7, 11) is 0. The molecule has 7 nitrogen and oxygen atoms in total. The molecule has 0 saturated heterocycles. The van der Waals surface area contributed by atoms with E-state index >= 15 is 0 Å². The lowest BCUT2D eigenvalue weighted by Crippen LogP contribution is -2.56. The van der Waals surface area contributed by atoms with E-state index in [0.717, 1.165) is 27.8 Å². The summed E-state index contributed by atoms with van der Waals surface area (Å²) >= 11 is 0. The Bertz CT molecular complexity index is 1210. The number of ether oxygens (including phenoxy) is 1. The summed E-state index contributed by atoms with van der Waals surface area (Å²) in [6.45, 7) is 2.30. The maximum Gasteiger partial charge on any atom is 0.411 e. The van der Waals surface area contributed by atoms with Crippen molar-refractivity contribution in [1.82, 2.24) is 10.2 Å². The number of aryl methyl sites for hydroxylation is 1. The Morgan fingerprint density at radius 1 is 0.971 bits per heavy atom. The number of nitrogens with zero attached hydrogens (tertiary/aromatic N) is 1. The molecule has 3 aromatic rings. The average molecular weight is 472 g/mol. The maximum atomic E-state index is 13.4. The van der Waals surface area contributed by atoms with E-state index < -0.39 is 30.0 Å². The zero-order chi connectivity index (χ0) is 24.8. The van der Waals surface area contributed by atoms with Crippen LogP contribution in [0.2, 0.25) is 0 Å². The number of carbonyl (C=O) groups excluding carboxylic acids is 3. The Hall–Kier alpha value is -4.13. The van der Waals surface area contributed by atoms with Crippen molar-refractivity contribution in [3.63, 3.8) is 0 Å². The molecule has 3 aromatic carbocycles. The molecule has 4 rings (SSSR count). The molecule has 1 aliphatic rings. The first-order chi connectivity index (χ1) is 16.9. The highest BCUT2D eigenvalue weighted by Gasteiger charge is 2.37. The highest BCUT2D eigenvalue weighted by atomic mass is 16.6. The molecule has 1 heterocycles. The van der Waals surface area contributed by atoms with E-state index in [1.165, 1.54) is 4.90 Å². The minimum absolute atomic E-state index is 0.101. The van der Waals surface area contributed by atoms with Gasteiger partial charge in [-0.05, 0) is 29.2 Å². The zero-order valence-electron chi connectivity index (χ0n) is 19.6. The number of primary amides is 1. The first kappa shape index (κ1) is 24.0. The number of fused-ring (bicyclic) bond motifs is 1. The molecule has 35 heavy (non-hydrogen) atoms. The third-order valence-electron chi connectivity index (χ3n) is 6.17. The fourth-order valence-electron chi connectivity index (χ4n) is 4.32. The van der Waals surface area contributed by atoms with Gasteiger partial charge in [0.15, 0.2) is 0 Å². The Labute approximate surface area is 204 Å². The summed E-state index contributed by atoms with van der Waals surface area (Å²) in [6, 6.07) is 23.0. The molecule has 0 spiro atoms. The highest BCUT2D eigenvalue weighted by molar-refractivity contribution is 5.91. The van der Waals surface area contributed by atoms with Crippen molar-refractivity contribution in [2.45, 2.75) is 45.0 Å². The fourth-order valence-corrected chi connectivity index (χ4v) is 4.32. The summed E-state index contributed by atoms with van der Waals surface area (Å²) in [4.78, 5) is 40.1. The maximum absolute atomic E-state index is 13.4. The number of nitrogens with two attached hydrogens (primary N) is 1. The van der Waals surface area contributed by atoms with Gasteiger partial charge >= 0.3 is 6.09 Å². The molecule has 0 bridgehead atoms. The first-order valence-corrected chi connectivity index (χ1v) is 11.6. The molecule has 0 aliphatic carbocycles. The van der Waals surface area contributed by atoms with Crippen LogP contribution in [0.15, 0.2) is 78.9 Å². The van der Waals surface area contributed by atoms with Gasteiger partial charge in [-0.3, -0.25) is 14.5 Å². The lowest BCUT2D eigenvalue weighted by atomic mass is 9.93. The normalized spacial score (nSPS) is 15.6. The number of rotatable bonds is 7. The first-order valence-electron chi connectivity index (χ1n) is 11.6. The Morgan fingerprint density at radius 2 is 1.66 bits per heavy atom. The van der Waals surface area contributed by atoms with Crippen molar-refractivity contribution in [2.75, 3.05) is 0 Å². The molecule has 3 N–H and O–H groups in total. The SMILES string of the molecule is Cc1cccc(C[C@H](NC(=O)[C@@H]2Cc3ccccc3CN2C(=O)OCc2ccccc2)C(N)=O)c1. The zero-order valence-corrected chi connectivity index (χ0v) is 19.6. The van der Waals surface area contributed by atoms with Gasteiger partial charge in [0.1, 0.15) is 18.7 Å². The van der Waals surface area contributed by atoms with Gasteiger partial charge in [-0.2, -0.15) is 0 Å². The molecule has 1 aliphatic heterocycles. The van der Waals surface area contributed by atoms with Crippen molar-refractivity contribution in [2.24, 2.45) is 5.73 Å². The lowest BCUT2D eigenvalue weighted by molar-refractivity contribution is -0.131. The van der Waals surface area contributed by atoms with E-state index in [4.69, 9.17) is 10.5 Å². The van der Waals surface area contributed by atoms with Gasteiger partial charge in [0, 0.05) is 12.8 Å². The van der Waals surface area contributed by atoms with Crippen molar-refractivity contribution in [3.8, 4) is 0 Å². The van der Waals surface area contributed by atoms with E-state index in [1.807, 2.05) is 85.8 Å². The van der Waals surface area contributed by atoms with E-state index in [-0.39, 0.29) is 19.6 Å². The topological polar surface area (TPSA) is 102 Å². The predicted molar refractivity (Wildman–Crippen MR) is 132 cm³/mol. The predicted octanol–water partition coefficient (Wildman–Crippen LogP) is 3.27. The van der Waals surface area contributed by atoms with Crippen LogP contribution in [-0.2, 0) is 40.3 Å². The second-order valence-corrected chi connectivity index (χ2v) is 8.81. The summed E-state index contributed by atoms with van der Waals surface area (Å²) in [5.41, 5.74) is 10.4. The van der Waals surface area contributed by atoms with Crippen LogP contribution in [0.25, 0.3) is 0 Å². The Morgan fingerprint density at radius 3 is 2.37 bits per heavy atom. The average Bonchev–Trinajstić information content (AvgIpc) is 2.86. The van der Waals surface area contributed by atoms with Crippen LogP contribution < -0.4 is 11.1 Å². The third-order valence-corrected chi connectivity index (χ3v) is 6.17. The van der Waals surface area contributed by atoms with Crippen LogP contribution in [0.1, 0.15) is 27.8 Å². The molecule has 0 radical (unpaired) electrons. The van der Waals surface area contributed by atoms with Gasteiger partial charge in [0.2, 0.25) is 11.8 Å². The van der Waals surface area contributed by atoms with Gasteiger partial charge in [0.25, 0.3) is 0 Å². The van der Waals surface area contributed by atoms with Crippen LogP contribution in [0.4, 0.5) is 4.79 Å². The summed E-state index contributed by atoms with van der Waals surface area (Å²) in [5, 5.41) is 2.78. The molecule has 3 amide bonds. The van der Waals surface area contributed by atoms with Gasteiger partial charge in [0.05, 0.1) is 6.54 Å². The van der Waals surface area contributed by atoms with Crippen molar-refractivity contribution < 1.29 is 19.1 Å². The van der Waals surface area contributed by atoms with Crippen LogP contribution in [0.3, 0.4) is 0 Å². The van der Waals surface area contributed by atoms with Crippen LogP contribution in [0.5, 0.6) is 0 Å². The standard InChI is InChI=1S/C28H29N3O4/c1-19-8-7-11-21(14-19)15-24(26(29)32)30-27(33)25-16-22-12-5-6-13-23(22)17-31(25)28(34)35-18-20-9-3-2-4-10-20/h2-14,24-25H,15-18H2,1H3,(H2,29,32)(H,30,33)/t24-,25-/m0/s1. The van der Waals surface area contributed by atoms with E-state index in [0.29, 0.717) is 6.42 Å². The molecule has 7 heteroatoms. The minimum Gasteiger partial charge on any atom is -0.445 e. The molecular formula is C28H29N3O4. The van der Waals surface area contributed by atoms with Gasteiger partial charge in [-0.1, -0.05) is 84.4 Å². The van der Waals surface area contributed by atoms with E-state index in [9.17, 15) is 14.4 Å². The molecule has 2 atom stereocenters. The fraction of sp³-hybridized carbons (Fsp3) is 0.250. The molecular weight excluding hydrogens is 442 g/mol. The number of benzene rings is 3. The summed E-state index contributed by atoms with van der Waals surface area (Å²) < 4.78 is 5.54. The second-order valence-electron chi connectivity index (χ2n) is 8.81. The molecule has 180 valence electrons. The van der Waals surface area contributed by atoms with Crippen molar-refractivity contribution in [3.05, 3.63) is 107 Å². The smallest absolute Gasteiger partial charge is 0.411 e. The van der Waals surface area contributed by atoms with Gasteiger partial charge in [-0.25, -0.2) is 4.79 Å². The minimum atomic E-state index is -0.899. The van der Waals surface area contributed by atoms with Gasteiger partial charge in [-0.15, -0.1) is 0 Å². The quantitative estimate of drug-likeness (QED) is 0.552. The molecule has 0 unspecified atom stereocenters. The van der Waals surface area contributed by atoms with Crippen molar-refractivity contribution >= 4 is 17.9 Å². The largest absolute Gasteiger partial charge is 0.445 e. The highest BCUT2D eigenvalue weighted by Crippen LogP contribution is 2.25. The third kappa shape index (κ3) is 6.06. The number of carbonyl (C=O) groups is 3. The number of amides is 3. The van der Waals surface area contributed by atoms with Crippen LogP contribution in [0, 0.1) is 6.92 Å². The Balaban J connectivity index is 1.52. The number of hydrogen-bond acceptors (Lipinski definition) is 4.